The van der Waals surface area contributed by atoms with Crippen LogP contribution in [0.2, 0.25) is 0 Å². The highest BCUT2D eigenvalue weighted by Crippen LogP contribution is 2.23. The topological polar surface area (TPSA) is 23.6 Å². The molecule has 1 saturated heterocycles. The molecule has 1 heterocycles. The minimum absolute atomic E-state index is 0.732. The van der Waals surface area contributed by atoms with Crippen molar-refractivity contribution >= 4 is 6.29 Å². The first-order valence-corrected chi connectivity index (χ1v) is 10.6. The Balaban J connectivity index is 2.66. The molecule has 0 aliphatic carbocycles. The molecule has 3 nitrogen and oxygen atoms in total. The Hall–Kier alpha value is -1.35. The first kappa shape index (κ1) is 22.7. The van der Waals surface area contributed by atoms with E-state index < -0.39 is 0 Å². The molecule has 1 aliphatic heterocycles. The van der Waals surface area contributed by atoms with E-state index in [-0.39, 0.29) is 0 Å². The minimum atomic E-state index is 0.732. The molecule has 3 heteroatoms. The molecule has 1 fully saturated rings. The lowest BCUT2D eigenvalue weighted by molar-refractivity contribution is -0.104. The normalized spacial score (nSPS) is 17.4. The summed E-state index contributed by atoms with van der Waals surface area (Å²) < 4.78 is 0. The van der Waals surface area contributed by atoms with Gasteiger partial charge in [-0.25, -0.2) is 0 Å². The molecule has 0 amide bonds. The first-order valence-electron chi connectivity index (χ1n) is 10.6. The zero-order chi connectivity index (χ0) is 19.4. The van der Waals surface area contributed by atoms with Gasteiger partial charge in [-0.15, -0.1) is 0 Å². The van der Waals surface area contributed by atoms with Crippen molar-refractivity contribution in [3.8, 4) is 0 Å². The van der Waals surface area contributed by atoms with E-state index in [0.29, 0.717) is 0 Å². The molecule has 0 N–H and O–H groups in total. The molecule has 0 aromatic rings. The summed E-state index contributed by atoms with van der Waals surface area (Å²) >= 11 is 0. The molecular formula is C23H40N2O. The Morgan fingerprint density at radius 3 is 2.19 bits per heavy atom. The fourth-order valence-corrected chi connectivity index (χ4v) is 3.93. The molecule has 26 heavy (non-hydrogen) atoms. The third kappa shape index (κ3) is 7.49. The molecule has 0 atom stereocenters. The maximum Gasteiger partial charge on any atom is 0.150 e. The van der Waals surface area contributed by atoms with Crippen molar-refractivity contribution in [2.75, 3.05) is 32.7 Å². The summed E-state index contributed by atoms with van der Waals surface area (Å²) in [6.07, 6.45) is 11.8. The SMILES string of the molecule is C=C/C(C=O)=C(\C=C(/C)N1CCC(CN(CCC)CCC)CC1)CCC. The van der Waals surface area contributed by atoms with Crippen LogP contribution in [0.4, 0.5) is 0 Å². The van der Waals surface area contributed by atoms with Gasteiger partial charge >= 0.3 is 0 Å². The average Bonchev–Trinajstić information content (AvgIpc) is 2.64. The number of hydrogen-bond donors (Lipinski definition) is 0. The average molecular weight is 361 g/mol. The van der Waals surface area contributed by atoms with Crippen LogP contribution in [0.1, 0.15) is 66.2 Å². The zero-order valence-corrected chi connectivity index (χ0v) is 17.6. The van der Waals surface area contributed by atoms with Gasteiger partial charge in [0.25, 0.3) is 0 Å². The summed E-state index contributed by atoms with van der Waals surface area (Å²) in [6.45, 7) is 18.6. The number of piperidine rings is 1. The highest BCUT2D eigenvalue weighted by molar-refractivity contribution is 5.79. The van der Waals surface area contributed by atoms with Crippen LogP contribution in [-0.2, 0) is 4.79 Å². The van der Waals surface area contributed by atoms with Gasteiger partial charge in [-0.05, 0) is 69.7 Å². The molecule has 1 rings (SSSR count). The van der Waals surface area contributed by atoms with Crippen LogP contribution >= 0.6 is 0 Å². The van der Waals surface area contributed by atoms with Gasteiger partial charge in [-0.3, -0.25) is 4.79 Å². The highest BCUT2D eigenvalue weighted by atomic mass is 16.1. The van der Waals surface area contributed by atoms with Crippen molar-refractivity contribution < 1.29 is 4.79 Å². The molecule has 0 saturated carbocycles. The second kappa shape index (κ2) is 12.9. The van der Waals surface area contributed by atoms with Crippen LogP contribution in [0.5, 0.6) is 0 Å². The van der Waals surface area contributed by atoms with Crippen LogP contribution in [-0.4, -0.2) is 48.8 Å². The highest BCUT2D eigenvalue weighted by Gasteiger charge is 2.21. The summed E-state index contributed by atoms with van der Waals surface area (Å²) in [5.74, 6) is 0.821. The van der Waals surface area contributed by atoms with Crippen molar-refractivity contribution in [3.05, 3.63) is 35.6 Å². The van der Waals surface area contributed by atoms with Gasteiger partial charge in [-0.2, -0.15) is 0 Å². The van der Waals surface area contributed by atoms with Crippen LogP contribution in [0.25, 0.3) is 0 Å². The van der Waals surface area contributed by atoms with Crippen molar-refractivity contribution in [2.45, 2.75) is 66.2 Å². The van der Waals surface area contributed by atoms with E-state index in [2.05, 4.69) is 50.1 Å². The van der Waals surface area contributed by atoms with E-state index in [1.54, 1.807) is 6.08 Å². The number of allylic oxidation sites excluding steroid dienone is 5. The fraction of sp³-hybridized carbons (Fsp3) is 0.696. The summed E-state index contributed by atoms with van der Waals surface area (Å²) in [4.78, 5) is 16.4. The number of likely N-dealkylation sites (tertiary alicyclic amines) is 1. The molecule has 0 bridgehead atoms. The van der Waals surface area contributed by atoms with Crippen molar-refractivity contribution in [3.63, 3.8) is 0 Å². The van der Waals surface area contributed by atoms with Crippen LogP contribution in [0.3, 0.4) is 0 Å². The summed E-state index contributed by atoms with van der Waals surface area (Å²) in [6, 6.07) is 0. The number of rotatable bonds is 12. The lowest BCUT2D eigenvalue weighted by Gasteiger charge is -2.36. The summed E-state index contributed by atoms with van der Waals surface area (Å²) in [5.41, 5.74) is 3.14. The van der Waals surface area contributed by atoms with Crippen molar-refractivity contribution in [2.24, 2.45) is 5.92 Å². The van der Waals surface area contributed by atoms with Gasteiger partial charge < -0.3 is 9.80 Å². The lowest BCUT2D eigenvalue weighted by Crippen LogP contribution is -2.38. The van der Waals surface area contributed by atoms with E-state index in [1.165, 1.54) is 51.0 Å². The van der Waals surface area contributed by atoms with Gasteiger partial charge in [0.05, 0.1) is 0 Å². The number of carbonyl (C=O) groups excluding carboxylic acids is 1. The largest absolute Gasteiger partial charge is 0.375 e. The van der Waals surface area contributed by atoms with Crippen molar-refractivity contribution in [1.82, 2.24) is 9.80 Å². The Kier molecular flexibility index (Phi) is 11.3. The monoisotopic (exact) mass is 360 g/mol. The zero-order valence-electron chi connectivity index (χ0n) is 17.6. The molecule has 0 radical (unpaired) electrons. The van der Waals surface area contributed by atoms with E-state index in [0.717, 1.165) is 49.3 Å². The minimum Gasteiger partial charge on any atom is -0.375 e. The fourth-order valence-electron chi connectivity index (χ4n) is 3.93. The third-order valence-corrected chi connectivity index (χ3v) is 5.33. The van der Waals surface area contributed by atoms with E-state index in [1.807, 2.05) is 0 Å². The molecular weight excluding hydrogens is 320 g/mol. The first-order chi connectivity index (χ1) is 12.6. The smallest absolute Gasteiger partial charge is 0.150 e. The predicted molar refractivity (Wildman–Crippen MR) is 113 cm³/mol. The Labute approximate surface area is 161 Å². The van der Waals surface area contributed by atoms with Gasteiger partial charge in [0, 0.05) is 30.9 Å². The molecule has 0 aromatic carbocycles. The second-order valence-electron chi connectivity index (χ2n) is 7.57. The summed E-state index contributed by atoms with van der Waals surface area (Å²) in [5, 5.41) is 0. The maximum atomic E-state index is 11.3. The Bertz CT molecular complexity index is 468. The van der Waals surface area contributed by atoms with Crippen LogP contribution in [0, 0.1) is 5.92 Å². The van der Waals surface area contributed by atoms with E-state index in [4.69, 9.17) is 0 Å². The van der Waals surface area contributed by atoms with E-state index in [9.17, 15) is 4.79 Å². The molecule has 0 unspecified atom stereocenters. The Morgan fingerprint density at radius 2 is 1.73 bits per heavy atom. The Morgan fingerprint density at radius 1 is 1.12 bits per heavy atom. The molecule has 0 spiro atoms. The predicted octanol–water partition coefficient (Wildman–Crippen LogP) is 5.21. The lowest BCUT2D eigenvalue weighted by atomic mass is 9.95. The number of aldehydes is 1. The van der Waals surface area contributed by atoms with Crippen LogP contribution < -0.4 is 0 Å². The van der Waals surface area contributed by atoms with E-state index >= 15 is 0 Å². The second-order valence-corrected chi connectivity index (χ2v) is 7.57. The quantitative estimate of drug-likeness (QED) is 0.271. The number of carbonyl (C=O) groups is 1. The van der Waals surface area contributed by atoms with Gasteiger partial charge in [0.2, 0.25) is 0 Å². The molecule has 0 aromatic heterocycles. The number of nitrogens with zero attached hydrogens (tertiary/aromatic N) is 2. The van der Waals surface area contributed by atoms with Crippen molar-refractivity contribution in [1.29, 1.82) is 0 Å². The maximum absolute atomic E-state index is 11.3. The van der Waals surface area contributed by atoms with Gasteiger partial charge in [0.1, 0.15) is 6.29 Å². The molecule has 1 aliphatic rings. The summed E-state index contributed by atoms with van der Waals surface area (Å²) in [7, 11) is 0. The van der Waals surface area contributed by atoms with Gasteiger partial charge in [0.15, 0.2) is 0 Å². The third-order valence-electron chi connectivity index (χ3n) is 5.33. The molecule has 148 valence electrons. The van der Waals surface area contributed by atoms with Crippen LogP contribution in [0.15, 0.2) is 35.6 Å². The van der Waals surface area contributed by atoms with Gasteiger partial charge in [-0.1, -0.05) is 39.8 Å². The standard InChI is InChI=1S/C23H40N2O/c1-6-10-23(22(9-4)19-26)17-20(5)25-15-11-21(12-16-25)18-24(13-7-2)14-8-3/h9,17,19,21H,4,6-8,10-16,18H2,1-3,5H3/b20-17+,23-22+. The number of hydrogen-bond acceptors (Lipinski definition) is 3.